The number of hydrogen-bond acceptors (Lipinski definition) is 2. The summed E-state index contributed by atoms with van der Waals surface area (Å²) in [5, 5.41) is 11.7. The maximum absolute atomic E-state index is 11.8. The van der Waals surface area contributed by atoms with E-state index in [2.05, 4.69) is 5.32 Å². The van der Waals surface area contributed by atoms with Crippen LogP contribution in [0.5, 0.6) is 0 Å². The standard InChI is InChI=1S/C15H27NO3/c1-2-6-13(11-15(18)19)16-14(17)10-9-12-7-4-3-5-8-12/h12-13H,2-11H2,1H3,(H,16,17)(H,18,19). The van der Waals surface area contributed by atoms with Crippen molar-refractivity contribution >= 4 is 11.9 Å². The Morgan fingerprint density at radius 3 is 2.53 bits per heavy atom. The van der Waals surface area contributed by atoms with Gasteiger partial charge in [-0.1, -0.05) is 45.4 Å². The molecule has 0 spiro atoms. The third-order valence-corrected chi connectivity index (χ3v) is 3.93. The summed E-state index contributed by atoms with van der Waals surface area (Å²) < 4.78 is 0. The lowest BCUT2D eigenvalue weighted by molar-refractivity contribution is -0.137. The molecule has 1 saturated carbocycles. The second kappa shape index (κ2) is 8.94. The number of hydrogen-bond donors (Lipinski definition) is 2. The molecule has 1 unspecified atom stereocenters. The first-order valence-electron chi connectivity index (χ1n) is 7.63. The van der Waals surface area contributed by atoms with Crippen LogP contribution in [0.1, 0.15) is 71.1 Å². The van der Waals surface area contributed by atoms with Gasteiger partial charge in [-0.2, -0.15) is 0 Å². The average Bonchev–Trinajstić information content (AvgIpc) is 2.37. The van der Waals surface area contributed by atoms with E-state index in [1.165, 1.54) is 32.1 Å². The number of aliphatic carboxylic acids is 1. The predicted octanol–water partition coefficient (Wildman–Crippen LogP) is 3.11. The highest BCUT2D eigenvalue weighted by molar-refractivity contribution is 5.77. The molecule has 1 atom stereocenters. The molecule has 0 aromatic heterocycles. The van der Waals surface area contributed by atoms with Crippen LogP contribution >= 0.6 is 0 Å². The topological polar surface area (TPSA) is 66.4 Å². The van der Waals surface area contributed by atoms with Gasteiger partial charge < -0.3 is 10.4 Å². The Kier molecular flexibility index (Phi) is 7.53. The molecule has 0 saturated heterocycles. The van der Waals surface area contributed by atoms with Gasteiger partial charge in [-0.25, -0.2) is 0 Å². The Bertz CT molecular complexity index is 285. The molecule has 2 N–H and O–H groups in total. The van der Waals surface area contributed by atoms with Crippen molar-refractivity contribution in [2.45, 2.75) is 77.2 Å². The first kappa shape index (κ1) is 16.0. The fourth-order valence-corrected chi connectivity index (χ4v) is 2.90. The zero-order valence-electron chi connectivity index (χ0n) is 12.0. The molecule has 1 amide bonds. The lowest BCUT2D eigenvalue weighted by Gasteiger charge is -2.22. The van der Waals surface area contributed by atoms with Crippen molar-refractivity contribution in [1.82, 2.24) is 5.32 Å². The quantitative estimate of drug-likeness (QED) is 0.711. The zero-order chi connectivity index (χ0) is 14.1. The van der Waals surface area contributed by atoms with Gasteiger partial charge in [0.15, 0.2) is 0 Å². The zero-order valence-corrected chi connectivity index (χ0v) is 12.0. The van der Waals surface area contributed by atoms with Crippen molar-refractivity contribution in [3.63, 3.8) is 0 Å². The van der Waals surface area contributed by atoms with Crippen LogP contribution in [0, 0.1) is 5.92 Å². The predicted molar refractivity (Wildman–Crippen MR) is 74.9 cm³/mol. The number of rotatable bonds is 8. The third kappa shape index (κ3) is 7.19. The number of carboxylic acids is 1. The highest BCUT2D eigenvalue weighted by atomic mass is 16.4. The van der Waals surface area contributed by atoms with E-state index in [1.54, 1.807) is 0 Å². The highest BCUT2D eigenvalue weighted by Crippen LogP contribution is 2.27. The van der Waals surface area contributed by atoms with Gasteiger partial charge >= 0.3 is 5.97 Å². The van der Waals surface area contributed by atoms with E-state index < -0.39 is 5.97 Å². The second-order valence-electron chi connectivity index (χ2n) is 5.69. The monoisotopic (exact) mass is 269 g/mol. The fourth-order valence-electron chi connectivity index (χ4n) is 2.90. The van der Waals surface area contributed by atoms with Crippen LogP contribution in [-0.4, -0.2) is 23.0 Å². The van der Waals surface area contributed by atoms with Gasteiger partial charge in [-0.3, -0.25) is 9.59 Å². The van der Waals surface area contributed by atoms with Gasteiger partial charge in [0.2, 0.25) is 5.91 Å². The van der Waals surface area contributed by atoms with Gasteiger partial charge in [-0.15, -0.1) is 0 Å². The van der Waals surface area contributed by atoms with Crippen molar-refractivity contribution in [3.05, 3.63) is 0 Å². The van der Waals surface area contributed by atoms with Gasteiger partial charge in [0.05, 0.1) is 6.42 Å². The molecule has 1 aliphatic carbocycles. The fraction of sp³-hybridized carbons (Fsp3) is 0.867. The summed E-state index contributed by atoms with van der Waals surface area (Å²) in [6, 6.07) is -0.207. The second-order valence-corrected chi connectivity index (χ2v) is 5.69. The lowest BCUT2D eigenvalue weighted by atomic mass is 9.86. The SMILES string of the molecule is CCCC(CC(=O)O)NC(=O)CCC1CCCCC1. The molecule has 1 aliphatic rings. The van der Waals surface area contributed by atoms with Crippen LogP contribution in [0.2, 0.25) is 0 Å². The van der Waals surface area contributed by atoms with Crippen LogP contribution in [0.25, 0.3) is 0 Å². The molecule has 1 rings (SSSR count). The maximum Gasteiger partial charge on any atom is 0.305 e. The van der Waals surface area contributed by atoms with Crippen LogP contribution < -0.4 is 5.32 Å². The molecule has 1 fully saturated rings. The van der Waals surface area contributed by atoms with Gasteiger partial charge in [0, 0.05) is 12.5 Å². The molecule has 0 heterocycles. The van der Waals surface area contributed by atoms with Crippen LogP contribution in [0.4, 0.5) is 0 Å². The number of carbonyl (C=O) groups excluding carboxylic acids is 1. The molecule has 0 aromatic rings. The van der Waals surface area contributed by atoms with Crippen molar-refractivity contribution < 1.29 is 14.7 Å². The Morgan fingerprint density at radius 1 is 1.26 bits per heavy atom. The van der Waals surface area contributed by atoms with Crippen LogP contribution in [-0.2, 0) is 9.59 Å². The lowest BCUT2D eigenvalue weighted by Crippen LogP contribution is -2.36. The molecule has 0 aliphatic heterocycles. The Morgan fingerprint density at radius 2 is 1.95 bits per heavy atom. The van der Waals surface area contributed by atoms with E-state index >= 15 is 0 Å². The summed E-state index contributed by atoms with van der Waals surface area (Å²) in [5.41, 5.74) is 0. The van der Waals surface area contributed by atoms with Gasteiger partial charge in [0.25, 0.3) is 0 Å². The molecule has 110 valence electrons. The molecule has 0 aromatic carbocycles. The normalized spacial score (nSPS) is 17.9. The van der Waals surface area contributed by atoms with E-state index in [0.29, 0.717) is 12.3 Å². The summed E-state index contributed by atoms with van der Waals surface area (Å²) in [4.78, 5) is 22.6. The first-order valence-corrected chi connectivity index (χ1v) is 7.63. The molecule has 4 heteroatoms. The minimum Gasteiger partial charge on any atom is -0.481 e. The minimum absolute atomic E-state index is 0.0188. The minimum atomic E-state index is -0.842. The summed E-state index contributed by atoms with van der Waals surface area (Å²) in [6.07, 6.45) is 9.59. The number of carbonyl (C=O) groups is 2. The third-order valence-electron chi connectivity index (χ3n) is 3.93. The van der Waals surface area contributed by atoms with E-state index in [4.69, 9.17) is 5.11 Å². The number of carboxylic acid groups (broad SMARTS) is 1. The van der Waals surface area contributed by atoms with E-state index in [9.17, 15) is 9.59 Å². The van der Waals surface area contributed by atoms with E-state index in [-0.39, 0.29) is 18.4 Å². The summed E-state index contributed by atoms with van der Waals surface area (Å²) in [7, 11) is 0. The highest BCUT2D eigenvalue weighted by Gasteiger charge is 2.18. The van der Waals surface area contributed by atoms with E-state index in [0.717, 1.165) is 19.3 Å². The maximum atomic E-state index is 11.8. The molecule has 0 radical (unpaired) electrons. The van der Waals surface area contributed by atoms with Crippen molar-refractivity contribution in [3.8, 4) is 0 Å². The molecular weight excluding hydrogens is 242 g/mol. The van der Waals surface area contributed by atoms with E-state index in [1.807, 2.05) is 6.92 Å². The molecule has 0 bridgehead atoms. The van der Waals surface area contributed by atoms with Crippen molar-refractivity contribution in [2.24, 2.45) is 5.92 Å². The largest absolute Gasteiger partial charge is 0.481 e. The van der Waals surface area contributed by atoms with Crippen LogP contribution in [0.15, 0.2) is 0 Å². The Labute approximate surface area is 116 Å². The Balaban J connectivity index is 2.24. The molecule has 4 nitrogen and oxygen atoms in total. The van der Waals surface area contributed by atoms with Gasteiger partial charge in [0.1, 0.15) is 0 Å². The summed E-state index contributed by atoms with van der Waals surface area (Å²) in [6.45, 7) is 2.00. The average molecular weight is 269 g/mol. The molecule has 19 heavy (non-hydrogen) atoms. The van der Waals surface area contributed by atoms with Crippen LogP contribution in [0.3, 0.4) is 0 Å². The number of amides is 1. The first-order chi connectivity index (χ1) is 9.11. The number of nitrogens with one attached hydrogen (secondary N) is 1. The summed E-state index contributed by atoms with van der Waals surface area (Å²) in [5.74, 6) is -0.125. The van der Waals surface area contributed by atoms with Gasteiger partial charge in [-0.05, 0) is 18.8 Å². The van der Waals surface area contributed by atoms with Crippen molar-refractivity contribution in [1.29, 1.82) is 0 Å². The Hall–Kier alpha value is -1.06. The molecular formula is C15H27NO3. The summed E-state index contributed by atoms with van der Waals surface area (Å²) >= 11 is 0. The smallest absolute Gasteiger partial charge is 0.305 e. The van der Waals surface area contributed by atoms with Crippen molar-refractivity contribution in [2.75, 3.05) is 0 Å².